The Kier molecular flexibility index (Phi) is 6.85. The fraction of sp³-hybridized carbons (Fsp3) is 0.931. The molecule has 2 nitrogen and oxygen atoms in total. The van der Waals surface area contributed by atoms with Crippen LogP contribution in [0.3, 0.4) is 0 Å². The minimum absolute atomic E-state index is 0.180. The standard InChI is InChI=1S/C29H47F3O2/c1-6-28(34)16-12-20-7-8-21-23-10-9-22(19(2)11-15-27(5,33)29(30,31)32)26(23,4)14-13-24(21)25(20,3)17-18-28/h7,19,21-24,33-34H,6,8-18H2,1-5H3/t19-,21+,22-,23+,24+,25+,26-,27+,28+/m1/s1. The van der Waals surface area contributed by atoms with E-state index >= 15 is 0 Å². The monoisotopic (exact) mass is 484 g/mol. The molecular weight excluding hydrogens is 437 g/mol. The Morgan fingerprint density at radius 1 is 1.06 bits per heavy atom. The lowest BCUT2D eigenvalue weighted by atomic mass is 9.48. The maximum absolute atomic E-state index is 13.2. The summed E-state index contributed by atoms with van der Waals surface area (Å²) in [6, 6.07) is 0. The molecule has 0 amide bonds. The van der Waals surface area contributed by atoms with Crippen LogP contribution in [0.25, 0.3) is 0 Å². The first-order chi connectivity index (χ1) is 15.7. The van der Waals surface area contributed by atoms with Gasteiger partial charge in [-0.15, -0.1) is 0 Å². The van der Waals surface area contributed by atoms with Gasteiger partial charge in [-0.3, -0.25) is 0 Å². The van der Waals surface area contributed by atoms with E-state index in [0.29, 0.717) is 30.1 Å². The van der Waals surface area contributed by atoms with E-state index in [1.807, 2.05) is 0 Å². The predicted octanol–water partition coefficient (Wildman–Crippen LogP) is 7.83. The third kappa shape index (κ3) is 4.29. The first-order valence-corrected chi connectivity index (χ1v) is 13.9. The summed E-state index contributed by atoms with van der Waals surface area (Å²) in [7, 11) is 0. The van der Waals surface area contributed by atoms with Crippen molar-refractivity contribution < 1.29 is 23.4 Å². The van der Waals surface area contributed by atoms with Gasteiger partial charge < -0.3 is 10.2 Å². The predicted molar refractivity (Wildman–Crippen MR) is 130 cm³/mol. The van der Waals surface area contributed by atoms with E-state index in [0.717, 1.165) is 58.3 Å². The molecule has 2 N–H and O–H groups in total. The fourth-order valence-corrected chi connectivity index (χ4v) is 9.06. The van der Waals surface area contributed by atoms with Gasteiger partial charge in [0, 0.05) is 0 Å². The van der Waals surface area contributed by atoms with Gasteiger partial charge in [-0.2, -0.15) is 13.2 Å². The number of rotatable bonds is 5. The molecule has 0 radical (unpaired) electrons. The molecule has 3 fully saturated rings. The van der Waals surface area contributed by atoms with Crippen molar-refractivity contribution in [2.45, 2.75) is 129 Å². The Morgan fingerprint density at radius 3 is 2.41 bits per heavy atom. The lowest BCUT2D eigenvalue weighted by Crippen LogP contribution is -2.49. The van der Waals surface area contributed by atoms with Crippen LogP contribution in [0.4, 0.5) is 13.2 Å². The zero-order valence-corrected chi connectivity index (χ0v) is 22.0. The van der Waals surface area contributed by atoms with Crippen LogP contribution < -0.4 is 0 Å². The summed E-state index contributed by atoms with van der Waals surface area (Å²) < 4.78 is 39.6. The van der Waals surface area contributed by atoms with E-state index in [1.54, 1.807) is 5.57 Å². The molecule has 0 aromatic carbocycles. The van der Waals surface area contributed by atoms with Crippen LogP contribution in [0.2, 0.25) is 0 Å². The highest BCUT2D eigenvalue weighted by Gasteiger charge is 2.59. The minimum atomic E-state index is -4.57. The van der Waals surface area contributed by atoms with Crippen LogP contribution in [-0.4, -0.2) is 27.6 Å². The normalized spacial score (nSPS) is 45.3. The molecule has 0 saturated heterocycles. The van der Waals surface area contributed by atoms with Crippen LogP contribution in [0.1, 0.15) is 112 Å². The largest absolute Gasteiger partial charge is 0.416 e. The van der Waals surface area contributed by atoms with E-state index in [9.17, 15) is 23.4 Å². The molecule has 4 rings (SSSR count). The average Bonchev–Trinajstić information content (AvgIpc) is 3.05. The third-order valence-electron chi connectivity index (χ3n) is 11.7. The van der Waals surface area contributed by atoms with E-state index in [2.05, 4.69) is 33.8 Å². The summed E-state index contributed by atoms with van der Waals surface area (Å²) >= 11 is 0. The van der Waals surface area contributed by atoms with Crippen molar-refractivity contribution in [3.63, 3.8) is 0 Å². The maximum atomic E-state index is 13.2. The first-order valence-electron chi connectivity index (χ1n) is 13.9. The van der Waals surface area contributed by atoms with Gasteiger partial charge in [0.25, 0.3) is 0 Å². The quantitative estimate of drug-likeness (QED) is 0.390. The van der Waals surface area contributed by atoms with Gasteiger partial charge in [0.05, 0.1) is 5.60 Å². The number of aliphatic hydroxyl groups is 2. The lowest BCUT2D eigenvalue weighted by Gasteiger charge is -2.57. The van der Waals surface area contributed by atoms with Crippen molar-refractivity contribution in [3.05, 3.63) is 11.6 Å². The first kappa shape index (κ1) is 26.5. The molecule has 0 bridgehead atoms. The Hall–Kier alpha value is -0.550. The molecule has 0 aromatic heterocycles. The van der Waals surface area contributed by atoms with Crippen molar-refractivity contribution in [1.82, 2.24) is 0 Å². The molecule has 4 aliphatic carbocycles. The van der Waals surface area contributed by atoms with Gasteiger partial charge >= 0.3 is 6.18 Å². The molecule has 4 aliphatic rings. The number of allylic oxidation sites excluding steroid dienone is 2. The summed E-state index contributed by atoms with van der Waals surface area (Å²) in [6.45, 7) is 10.0. The number of alkyl halides is 3. The van der Waals surface area contributed by atoms with Gasteiger partial charge in [0.1, 0.15) is 0 Å². The lowest BCUT2D eigenvalue weighted by molar-refractivity contribution is -0.256. The van der Waals surface area contributed by atoms with Crippen LogP contribution in [0.15, 0.2) is 11.6 Å². The summed E-state index contributed by atoms with van der Waals surface area (Å²) in [4.78, 5) is 0. The highest BCUT2D eigenvalue weighted by molar-refractivity contribution is 5.24. The van der Waals surface area contributed by atoms with Gasteiger partial charge in [-0.1, -0.05) is 39.3 Å². The second-order valence-electron chi connectivity index (χ2n) is 13.4. The molecular formula is C29H47F3O2. The number of hydrogen-bond acceptors (Lipinski definition) is 2. The molecule has 0 unspecified atom stereocenters. The minimum Gasteiger partial charge on any atom is -0.390 e. The van der Waals surface area contributed by atoms with Crippen LogP contribution >= 0.6 is 0 Å². The second-order valence-corrected chi connectivity index (χ2v) is 13.4. The molecule has 9 atom stereocenters. The van der Waals surface area contributed by atoms with Crippen molar-refractivity contribution in [2.75, 3.05) is 0 Å². The number of hydrogen-bond donors (Lipinski definition) is 2. The average molecular weight is 485 g/mol. The summed E-state index contributed by atoms with van der Waals surface area (Å²) in [5.41, 5.74) is -1.18. The van der Waals surface area contributed by atoms with Crippen LogP contribution in [-0.2, 0) is 0 Å². The summed E-state index contributed by atoms with van der Waals surface area (Å²) in [5.74, 6) is 2.55. The third-order valence-corrected chi connectivity index (χ3v) is 11.7. The molecule has 0 heterocycles. The Bertz CT molecular complexity index is 789. The van der Waals surface area contributed by atoms with Gasteiger partial charge in [0.2, 0.25) is 0 Å². The summed E-state index contributed by atoms with van der Waals surface area (Å²) in [6.07, 6.45) is 8.60. The van der Waals surface area contributed by atoms with Crippen molar-refractivity contribution in [1.29, 1.82) is 0 Å². The van der Waals surface area contributed by atoms with Crippen LogP contribution in [0, 0.1) is 40.4 Å². The topological polar surface area (TPSA) is 40.5 Å². The number of halogens is 3. The molecule has 34 heavy (non-hydrogen) atoms. The Labute approximate surface area is 204 Å². The van der Waals surface area contributed by atoms with E-state index in [-0.39, 0.29) is 23.2 Å². The zero-order valence-electron chi connectivity index (χ0n) is 22.0. The highest BCUT2D eigenvalue weighted by atomic mass is 19.4. The molecule has 0 spiro atoms. The molecule has 196 valence electrons. The SMILES string of the molecule is CC[C@]1(O)CCC2=CC[C@H]3[C@@H]4CC[C@H]([C@H](C)CC[C@](C)(O)C(F)(F)F)[C@@]4(C)CC[C@@H]3[C@@]2(C)CC1. The van der Waals surface area contributed by atoms with E-state index in [4.69, 9.17) is 0 Å². The number of fused-ring (bicyclic) bond motifs is 5. The maximum Gasteiger partial charge on any atom is 0.416 e. The highest BCUT2D eigenvalue weighted by Crippen LogP contribution is 2.67. The molecule has 3 saturated carbocycles. The van der Waals surface area contributed by atoms with Crippen LogP contribution in [0.5, 0.6) is 0 Å². The van der Waals surface area contributed by atoms with Gasteiger partial charge in [-0.05, 0) is 124 Å². The Morgan fingerprint density at radius 2 is 1.76 bits per heavy atom. The molecule has 5 heteroatoms. The van der Waals surface area contributed by atoms with Gasteiger partial charge in [-0.25, -0.2) is 0 Å². The van der Waals surface area contributed by atoms with Crippen molar-refractivity contribution >= 4 is 0 Å². The summed E-state index contributed by atoms with van der Waals surface area (Å²) in [5, 5.41) is 21.0. The second kappa shape index (κ2) is 8.78. The smallest absolute Gasteiger partial charge is 0.390 e. The Balaban J connectivity index is 1.49. The van der Waals surface area contributed by atoms with Crippen molar-refractivity contribution in [2.24, 2.45) is 40.4 Å². The van der Waals surface area contributed by atoms with E-state index in [1.165, 1.54) is 12.8 Å². The van der Waals surface area contributed by atoms with Crippen molar-refractivity contribution in [3.8, 4) is 0 Å². The fourth-order valence-electron chi connectivity index (χ4n) is 9.06. The zero-order chi connectivity index (χ0) is 25.2. The molecule has 0 aliphatic heterocycles. The van der Waals surface area contributed by atoms with Gasteiger partial charge in [0.15, 0.2) is 5.60 Å². The molecule has 0 aromatic rings. The van der Waals surface area contributed by atoms with E-state index < -0.39 is 17.4 Å².